The van der Waals surface area contributed by atoms with Gasteiger partial charge in [-0.25, -0.2) is 0 Å². The average Bonchev–Trinajstić information content (AvgIpc) is 2.73. The summed E-state index contributed by atoms with van der Waals surface area (Å²) in [4.78, 5) is 0. The van der Waals surface area contributed by atoms with Gasteiger partial charge in [-0.15, -0.1) is 0 Å². The number of rotatable bonds is 8. The second-order valence-electron chi connectivity index (χ2n) is 4.48. The van der Waals surface area contributed by atoms with E-state index in [0.717, 1.165) is 26.1 Å². The topological polar surface area (TPSA) is 29.9 Å². The molecule has 3 nitrogen and oxygen atoms in total. The molecule has 0 bridgehead atoms. The van der Waals surface area contributed by atoms with E-state index in [1.807, 2.05) is 10.9 Å². The second kappa shape index (κ2) is 7.44. The van der Waals surface area contributed by atoms with Gasteiger partial charge in [0.15, 0.2) is 0 Å². The molecule has 3 heteroatoms. The molecule has 0 aliphatic rings. The molecule has 0 fully saturated rings. The summed E-state index contributed by atoms with van der Waals surface area (Å²) < 4.78 is 2.05. The van der Waals surface area contributed by atoms with Crippen LogP contribution in [0.3, 0.4) is 0 Å². The molecule has 1 atom stereocenters. The number of hydrogen-bond acceptors (Lipinski definition) is 2. The fourth-order valence-electron chi connectivity index (χ4n) is 1.77. The summed E-state index contributed by atoms with van der Waals surface area (Å²) in [5.41, 5.74) is 1.37. The molecule has 1 N–H and O–H groups in total. The third-order valence-corrected chi connectivity index (χ3v) is 2.86. The lowest BCUT2D eigenvalue weighted by molar-refractivity contribution is 0.585. The summed E-state index contributed by atoms with van der Waals surface area (Å²) in [6.45, 7) is 9.92. The van der Waals surface area contributed by atoms with E-state index in [-0.39, 0.29) is 0 Å². The molecule has 92 valence electrons. The van der Waals surface area contributed by atoms with Gasteiger partial charge in [-0.05, 0) is 43.8 Å². The van der Waals surface area contributed by atoms with Gasteiger partial charge < -0.3 is 5.32 Å². The van der Waals surface area contributed by atoms with Crippen LogP contribution < -0.4 is 5.32 Å². The number of hydrogen-bond donors (Lipinski definition) is 1. The van der Waals surface area contributed by atoms with Crippen molar-refractivity contribution in [3.63, 3.8) is 0 Å². The van der Waals surface area contributed by atoms with Crippen molar-refractivity contribution < 1.29 is 0 Å². The summed E-state index contributed by atoms with van der Waals surface area (Å²) in [6.07, 6.45) is 7.75. The summed E-state index contributed by atoms with van der Waals surface area (Å²) in [5, 5.41) is 7.81. The Bertz CT molecular complexity index is 280. The SMILES string of the molecule is CCCNCCC(C)c1cnn(CCC)c1. The van der Waals surface area contributed by atoms with E-state index in [4.69, 9.17) is 0 Å². The van der Waals surface area contributed by atoms with Crippen LogP contribution in [0.1, 0.15) is 51.5 Å². The van der Waals surface area contributed by atoms with Gasteiger partial charge in [0.05, 0.1) is 6.20 Å². The standard InChI is InChI=1S/C13H25N3/c1-4-7-14-8-6-12(3)13-10-15-16(11-13)9-5-2/h10-12,14H,4-9H2,1-3H3. The first-order valence-corrected chi connectivity index (χ1v) is 6.51. The molecule has 0 amide bonds. The van der Waals surface area contributed by atoms with Gasteiger partial charge in [0.2, 0.25) is 0 Å². The van der Waals surface area contributed by atoms with E-state index in [1.165, 1.54) is 18.4 Å². The van der Waals surface area contributed by atoms with Gasteiger partial charge >= 0.3 is 0 Å². The molecule has 0 saturated heterocycles. The summed E-state index contributed by atoms with van der Waals surface area (Å²) in [6, 6.07) is 0. The van der Waals surface area contributed by atoms with Crippen molar-refractivity contribution in [2.75, 3.05) is 13.1 Å². The van der Waals surface area contributed by atoms with Crippen LogP contribution in [0.25, 0.3) is 0 Å². The zero-order valence-corrected chi connectivity index (χ0v) is 10.9. The van der Waals surface area contributed by atoms with E-state index < -0.39 is 0 Å². The lowest BCUT2D eigenvalue weighted by atomic mass is 10.0. The highest BCUT2D eigenvalue weighted by Gasteiger charge is 2.07. The van der Waals surface area contributed by atoms with Crippen molar-refractivity contribution in [1.82, 2.24) is 15.1 Å². The minimum absolute atomic E-state index is 0.606. The highest BCUT2D eigenvalue weighted by molar-refractivity contribution is 5.09. The Kier molecular flexibility index (Phi) is 6.16. The van der Waals surface area contributed by atoms with Crippen LogP contribution in [0.2, 0.25) is 0 Å². The van der Waals surface area contributed by atoms with Crippen LogP contribution in [-0.2, 0) is 6.54 Å². The molecule has 1 aromatic heterocycles. The first kappa shape index (κ1) is 13.2. The van der Waals surface area contributed by atoms with Crippen molar-refractivity contribution >= 4 is 0 Å². The normalized spacial score (nSPS) is 12.9. The number of nitrogens with zero attached hydrogens (tertiary/aromatic N) is 2. The van der Waals surface area contributed by atoms with Gasteiger partial charge in [0, 0.05) is 12.7 Å². The van der Waals surface area contributed by atoms with Crippen LogP contribution in [-0.4, -0.2) is 22.9 Å². The molecular weight excluding hydrogens is 198 g/mol. The van der Waals surface area contributed by atoms with Crippen molar-refractivity contribution in [1.29, 1.82) is 0 Å². The van der Waals surface area contributed by atoms with Gasteiger partial charge in [0.25, 0.3) is 0 Å². The number of aryl methyl sites for hydroxylation is 1. The van der Waals surface area contributed by atoms with Crippen LogP contribution in [0.5, 0.6) is 0 Å². The first-order valence-electron chi connectivity index (χ1n) is 6.51. The van der Waals surface area contributed by atoms with Crippen LogP contribution in [0.15, 0.2) is 12.4 Å². The minimum Gasteiger partial charge on any atom is -0.317 e. The molecule has 0 radical (unpaired) electrons. The number of nitrogens with one attached hydrogen (secondary N) is 1. The Morgan fingerprint density at radius 3 is 2.81 bits per heavy atom. The van der Waals surface area contributed by atoms with E-state index in [0.29, 0.717) is 5.92 Å². The molecule has 1 rings (SSSR count). The second-order valence-corrected chi connectivity index (χ2v) is 4.48. The van der Waals surface area contributed by atoms with Crippen LogP contribution >= 0.6 is 0 Å². The van der Waals surface area contributed by atoms with Crippen molar-refractivity contribution in [3.8, 4) is 0 Å². The van der Waals surface area contributed by atoms with Gasteiger partial charge in [-0.1, -0.05) is 20.8 Å². The van der Waals surface area contributed by atoms with Crippen molar-refractivity contribution in [2.45, 2.75) is 52.5 Å². The lowest BCUT2D eigenvalue weighted by Crippen LogP contribution is -2.17. The monoisotopic (exact) mass is 223 g/mol. The Morgan fingerprint density at radius 2 is 2.12 bits per heavy atom. The third kappa shape index (κ3) is 4.35. The number of aromatic nitrogens is 2. The van der Waals surface area contributed by atoms with Crippen molar-refractivity contribution in [2.24, 2.45) is 0 Å². The minimum atomic E-state index is 0.606. The maximum Gasteiger partial charge on any atom is 0.0524 e. The van der Waals surface area contributed by atoms with Crippen LogP contribution in [0, 0.1) is 0 Å². The molecule has 1 aromatic rings. The van der Waals surface area contributed by atoms with E-state index in [9.17, 15) is 0 Å². The largest absolute Gasteiger partial charge is 0.317 e. The first-order chi connectivity index (χ1) is 7.77. The Morgan fingerprint density at radius 1 is 1.31 bits per heavy atom. The fraction of sp³-hybridized carbons (Fsp3) is 0.769. The quantitative estimate of drug-likeness (QED) is 0.687. The predicted molar refractivity (Wildman–Crippen MR) is 68.7 cm³/mol. The van der Waals surface area contributed by atoms with Gasteiger partial charge in [0.1, 0.15) is 0 Å². The van der Waals surface area contributed by atoms with Crippen LogP contribution in [0.4, 0.5) is 0 Å². The molecule has 1 unspecified atom stereocenters. The molecule has 0 aliphatic heterocycles. The Labute approximate surface area is 99.2 Å². The Balaban J connectivity index is 2.31. The maximum absolute atomic E-state index is 4.37. The van der Waals surface area contributed by atoms with Crippen molar-refractivity contribution in [3.05, 3.63) is 18.0 Å². The zero-order chi connectivity index (χ0) is 11.8. The summed E-state index contributed by atoms with van der Waals surface area (Å²) >= 11 is 0. The molecule has 0 aromatic carbocycles. The molecule has 0 aliphatic carbocycles. The highest BCUT2D eigenvalue weighted by atomic mass is 15.3. The molecule has 1 heterocycles. The smallest absolute Gasteiger partial charge is 0.0524 e. The maximum atomic E-state index is 4.37. The van der Waals surface area contributed by atoms with E-state index >= 15 is 0 Å². The lowest BCUT2D eigenvalue weighted by Gasteiger charge is -2.09. The van der Waals surface area contributed by atoms with Gasteiger partial charge in [-0.3, -0.25) is 4.68 Å². The summed E-state index contributed by atoms with van der Waals surface area (Å²) in [5.74, 6) is 0.606. The zero-order valence-electron chi connectivity index (χ0n) is 10.9. The average molecular weight is 223 g/mol. The summed E-state index contributed by atoms with van der Waals surface area (Å²) in [7, 11) is 0. The fourth-order valence-corrected chi connectivity index (χ4v) is 1.77. The van der Waals surface area contributed by atoms with E-state index in [2.05, 4.69) is 37.4 Å². The molecule has 0 saturated carbocycles. The predicted octanol–water partition coefficient (Wildman–Crippen LogP) is 2.79. The van der Waals surface area contributed by atoms with Gasteiger partial charge in [-0.2, -0.15) is 5.10 Å². The molecule has 16 heavy (non-hydrogen) atoms. The van der Waals surface area contributed by atoms with E-state index in [1.54, 1.807) is 0 Å². The third-order valence-electron chi connectivity index (χ3n) is 2.86. The molecule has 0 spiro atoms. The molecular formula is C13H25N3. The Hall–Kier alpha value is -0.830. The highest BCUT2D eigenvalue weighted by Crippen LogP contribution is 2.17.